The number of nitrogens with zero attached hydrogens (tertiary/aromatic N) is 1. The highest BCUT2D eigenvalue weighted by Gasteiger charge is 1.80. The quantitative estimate of drug-likeness (QED) is 0.583. The van der Waals surface area contributed by atoms with Gasteiger partial charge in [0.25, 0.3) is 0 Å². The summed E-state index contributed by atoms with van der Waals surface area (Å²) in [6.07, 6.45) is 7.41. The van der Waals surface area contributed by atoms with Gasteiger partial charge in [-0.25, -0.2) is 0 Å². The number of aromatic amines is 1. The van der Waals surface area contributed by atoms with Gasteiger partial charge < -0.3 is 0 Å². The monoisotopic (exact) mass is 134 g/mol. The molecule has 1 aromatic heterocycles. The van der Waals surface area contributed by atoms with E-state index < -0.39 is 0 Å². The molecule has 1 rings (SSSR count). The van der Waals surface area contributed by atoms with Crippen molar-refractivity contribution in [3.63, 3.8) is 0 Å². The van der Waals surface area contributed by atoms with Crippen molar-refractivity contribution in [1.29, 1.82) is 0 Å². The Labute approximate surface area is 59.6 Å². The zero-order valence-corrected chi connectivity index (χ0v) is 5.96. The Hall–Kier alpha value is -1.31. The Balaban J connectivity index is 3.41. The van der Waals surface area contributed by atoms with Crippen molar-refractivity contribution in [2.75, 3.05) is 0 Å². The zero-order chi connectivity index (χ0) is 7.40. The predicted molar refractivity (Wildman–Crippen MR) is 42.6 cm³/mol. The highest BCUT2D eigenvalue weighted by atomic mass is 15.1. The summed E-state index contributed by atoms with van der Waals surface area (Å²) in [5, 5.41) is 8.85. The van der Waals surface area contributed by atoms with Crippen molar-refractivity contribution >= 4 is 12.2 Å². The molecule has 0 unspecified atom stereocenters. The molecular formula is C8H10N2. The molecule has 1 heterocycles. The average molecular weight is 134 g/mol. The van der Waals surface area contributed by atoms with E-state index in [0.717, 1.165) is 10.6 Å². The van der Waals surface area contributed by atoms with Gasteiger partial charge in [-0.2, -0.15) is 5.10 Å². The van der Waals surface area contributed by atoms with Gasteiger partial charge in [-0.05, 0) is 6.92 Å². The van der Waals surface area contributed by atoms with E-state index in [1.54, 1.807) is 12.3 Å². The minimum Gasteiger partial charge on any atom is -0.278 e. The summed E-state index contributed by atoms with van der Waals surface area (Å²) in [7, 11) is 0. The van der Waals surface area contributed by atoms with Crippen molar-refractivity contribution < 1.29 is 0 Å². The van der Waals surface area contributed by atoms with Gasteiger partial charge in [-0.15, -0.1) is 0 Å². The number of hydrogen-bond acceptors (Lipinski definition) is 1. The molecule has 1 N–H and O–H groups in total. The standard InChI is InChI=1S/C8H10N2/c1-3-5-7-6-9-10-8(7)4-2/h3-6,10H,1H2,2H3/b7-5-,8-4+. The molecule has 0 atom stereocenters. The largest absolute Gasteiger partial charge is 0.278 e. The topological polar surface area (TPSA) is 28.7 Å². The second kappa shape index (κ2) is 3.01. The number of allylic oxidation sites excluding steroid dienone is 1. The van der Waals surface area contributed by atoms with Crippen LogP contribution in [-0.2, 0) is 0 Å². The van der Waals surface area contributed by atoms with Gasteiger partial charge in [0, 0.05) is 5.22 Å². The maximum Gasteiger partial charge on any atom is 0.0607 e. The van der Waals surface area contributed by atoms with Crippen LogP contribution in [0.3, 0.4) is 0 Å². The second-order valence-corrected chi connectivity index (χ2v) is 1.93. The van der Waals surface area contributed by atoms with Gasteiger partial charge in [0.15, 0.2) is 0 Å². The molecule has 52 valence electrons. The molecule has 2 nitrogen and oxygen atoms in total. The number of nitrogens with one attached hydrogen (secondary N) is 1. The molecular weight excluding hydrogens is 124 g/mol. The van der Waals surface area contributed by atoms with Crippen molar-refractivity contribution in [2.24, 2.45) is 0 Å². The molecule has 0 aliphatic rings. The molecule has 0 fully saturated rings. The highest BCUT2D eigenvalue weighted by molar-refractivity contribution is 5.35. The Morgan fingerprint density at radius 2 is 2.50 bits per heavy atom. The summed E-state index contributed by atoms with van der Waals surface area (Å²) in [6.45, 7) is 5.57. The summed E-state index contributed by atoms with van der Waals surface area (Å²) < 4.78 is 0. The van der Waals surface area contributed by atoms with E-state index >= 15 is 0 Å². The molecule has 0 saturated carbocycles. The Morgan fingerprint density at radius 1 is 1.70 bits per heavy atom. The first-order valence-electron chi connectivity index (χ1n) is 3.17. The van der Waals surface area contributed by atoms with E-state index in [0.29, 0.717) is 0 Å². The Bertz CT molecular complexity index is 319. The molecule has 0 amide bonds. The summed E-state index contributed by atoms with van der Waals surface area (Å²) in [4.78, 5) is 0. The van der Waals surface area contributed by atoms with Gasteiger partial charge in [-0.3, -0.25) is 5.10 Å². The third-order valence-corrected chi connectivity index (χ3v) is 1.29. The number of hydrogen-bond donors (Lipinski definition) is 1. The van der Waals surface area contributed by atoms with Crippen molar-refractivity contribution in [1.82, 2.24) is 10.2 Å². The fraction of sp³-hybridized carbons (Fsp3) is 0.125. The van der Waals surface area contributed by atoms with Gasteiger partial charge in [-0.1, -0.05) is 24.8 Å². The summed E-state index contributed by atoms with van der Waals surface area (Å²) >= 11 is 0. The molecule has 10 heavy (non-hydrogen) atoms. The van der Waals surface area contributed by atoms with Crippen LogP contribution in [0.4, 0.5) is 0 Å². The molecule has 0 spiro atoms. The zero-order valence-electron chi connectivity index (χ0n) is 5.96. The molecule has 2 heteroatoms. The summed E-state index contributed by atoms with van der Waals surface area (Å²) in [5.74, 6) is 0. The van der Waals surface area contributed by atoms with E-state index in [1.807, 2.05) is 19.1 Å². The van der Waals surface area contributed by atoms with Crippen LogP contribution in [0.5, 0.6) is 0 Å². The predicted octanol–water partition coefficient (Wildman–Crippen LogP) is 0.177. The van der Waals surface area contributed by atoms with E-state index in [9.17, 15) is 0 Å². The third-order valence-electron chi connectivity index (χ3n) is 1.29. The first-order chi connectivity index (χ1) is 4.88. The van der Waals surface area contributed by atoms with Crippen LogP contribution >= 0.6 is 0 Å². The maximum absolute atomic E-state index is 3.88. The van der Waals surface area contributed by atoms with Gasteiger partial charge in [0.05, 0.1) is 11.5 Å². The number of aromatic nitrogens is 2. The van der Waals surface area contributed by atoms with Crippen LogP contribution in [0, 0.1) is 0 Å². The first kappa shape index (κ1) is 6.81. The summed E-state index contributed by atoms with van der Waals surface area (Å²) in [5.41, 5.74) is 0. The molecule has 0 saturated heterocycles. The minimum atomic E-state index is 1.04. The molecule has 0 bridgehead atoms. The molecule has 0 aliphatic carbocycles. The SMILES string of the molecule is C=C/C=c1/cn[nH]/c1=C/C. The normalized spacial score (nSPS) is 14.1. The van der Waals surface area contributed by atoms with E-state index in [-0.39, 0.29) is 0 Å². The molecule has 0 radical (unpaired) electrons. The van der Waals surface area contributed by atoms with Crippen LogP contribution in [-0.4, -0.2) is 10.2 Å². The van der Waals surface area contributed by atoms with Crippen LogP contribution in [0.2, 0.25) is 0 Å². The van der Waals surface area contributed by atoms with Crippen molar-refractivity contribution in [2.45, 2.75) is 6.92 Å². The maximum atomic E-state index is 3.88. The summed E-state index contributed by atoms with van der Waals surface area (Å²) in [6, 6.07) is 0. The van der Waals surface area contributed by atoms with Gasteiger partial charge in [0.1, 0.15) is 0 Å². The fourth-order valence-corrected chi connectivity index (χ4v) is 0.796. The van der Waals surface area contributed by atoms with Crippen LogP contribution in [0.15, 0.2) is 18.9 Å². The highest BCUT2D eigenvalue weighted by Crippen LogP contribution is 1.63. The lowest BCUT2D eigenvalue weighted by Crippen LogP contribution is -2.20. The lowest BCUT2D eigenvalue weighted by molar-refractivity contribution is 1.06. The fourth-order valence-electron chi connectivity index (χ4n) is 0.796. The van der Waals surface area contributed by atoms with Crippen LogP contribution in [0.25, 0.3) is 12.2 Å². The number of rotatable bonds is 1. The van der Waals surface area contributed by atoms with Gasteiger partial charge in [0.2, 0.25) is 0 Å². The molecule has 1 aromatic rings. The molecule has 0 aliphatic heterocycles. The van der Waals surface area contributed by atoms with E-state index in [1.165, 1.54) is 0 Å². The van der Waals surface area contributed by atoms with E-state index in [2.05, 4.69) is 16.8 Å². The average Bonchev–Trinajstić information content (AvgIpc) is 2.36. The van der Waals surface area contributed by atoms with Crippen molar-refractivity contribution in [3.8, 4) is 0 Å². The van der Waals surface area contributed by atoms with Gasteiger partial charge >= 0.3 is 0 Å². The first-order valence-corrected chi connectivity index (χ1v) is 3.17. The Kier molecular flexibility index (Phi) is 2.05. The van der Waals surface area contributed by atoms with E-state index in [4.69, 9.17) is 0 Å². The molecule has 0 aromatic carbocycles. The lowest BCUT2D eigenvalue weighted by Gasteiger charge is -1.71. The van der Waals surface area contributed by atoms with Crippen LogP contribution < -0.4 is 10.6 Å². The van der Waals surface area contributed by atoms with Crippen LogP contribution in [0.1, 0.15) is 6.92 Å². The minimum absolute atomic E-state index is 1.04. The smallest absolute Gasteiger partial charge is 0.0607 e. The Morgan fingerprint density at radius 3 is 3.10 bits per heavy atom. The second-order valence-electron chi connectivity index (χ2n) is 1.93. The third kappa shape index (κ3) is 1.16. The van der Waals surface area contributed by atoms with Crippen molar-refractivity contribution in [3.05, 3.63) is 29.4 Å². The number of H-pyrrole nitrogens is 1. The lowest BCUT2D eigenvalue weighted by atomic mass is 10.4.